The number of carboxylic acid groups (broad SMARTS) is 1. The topological polar surface area (TPSA) is 96.3 Å². The molecule has 0 aromatic heterocycles. The van der Waals surface area contributed by atoms with Gasteiger partial charge in [0.2, 0.25) is 0 Å². The van der Waals surface area contributed by atoms with Crippen molar-refractivity contribution in [3.05, 3.63) is 59.2 Å². The van der Waals surface area contributed by atoms with E-state index in [0.717, 1.165) is 0 Å². The third-order valence-electron chi connectivity index (χ3n) is 4.46. The number of hydrogen-bond acceptors (Lipinski definition) is 5. The van der Waals surface area contributed by atoms with Gasteiger partial charge in [0, 0.05) is 11.1 Å². The molecule has 2 aromatic rings. The van der Waals surface area contributed by atoms with Crippen LogP contribution in [0.2, 0.25) is 0 Å². The van der Waals surface area contributed by atoms with Crippen molar-refractivity contribution in [2.45, 2.75) is 18.7 Å². The number of hydrogen-bond donors (Lipinski definition) is 2. The van der Waals surface area contributed by atoms with Crippen LogP contribution in [0, 0.1) is 0 Å². The van der Waals surface area contributed by atoms with Gasteiger partial charge in [-0.3, -0.25) is 9.59 Å². The van der Waals surface area contributed by atoms with Gasteiger partial charge in [0.05, 0.1) is 26.7 Å². The number of benzene rings is 2. The fourth-order valence-corrected chi connectivity index (χ4v) is 3.23. The summed E-state index contributed by atoms with van der Waals surface area (Å²) in [5, 5.41) is 20.0. The molecule has 2 aromatic carbocycles. The lowest BCUT2D eigenvalue weighted by Crippen LogP contribution is -2.34. The quantitative estimate of drug-likeness (QED) is 0.824. The van der Waals surface area contributed by atoms with E-state index >= 15 is 0 Å². The van der Waals surface area contributed by atoms with Crippen molar-refractivity contribution in [3.8, 4) is 11.5 Å². The van der Waals surface area contributed by atoms with E-state index < -0.39 is 24.1 Å². The van der Waals surface area contributed by atoms with Gasteiger partial charge >= 0.3 is 5.97 Å². The van der Waals surface area contributed by atoms with Crippen molar-refractivity contribution < 1.29 is 29.3 Å². The largest absolute Gasteiger partial charge is 0.493 e. The number of ether oxygens (including phenoxy) is 2. The molecule has 0 bridgehead atoms. The Hall–Kier alpha value is -3.06. The number of aliphatic hydroxyl groups excluding tert-OH is 1. The standard InChI is InChI=1S/C19H19NO6/c1-25-15-8-7-11(9-16(15)26-2)14(10-17(21)22)20-18(23)12-5-3-4-6-13(12)19(20)24/h3-9,14,18,23H,10H2,1-2H3,(H,21,22). The van der Waals surface area contributed by atoms with E-state index in [0.29, 0.717) is 28.2 Å². The van der Waals surface area contributed by atoms with Crippen molar-refractivity contribution in [1.82, 2.24) is 4.90 Å². The Morgan fingerprint density at radius 3 is 2.46 bits per heavy atom. The first-order chi connectivity index (χ1) is 12.5. The normalized spacial score (nSPS) is 17.0. The van der Waals surface area contributed by atoms with Crippen molar-refractivity contribution >= 4 is 11.9 Å². The average Bonchev–Trinajstić information content (AvgIpc) is 2.90. The number of carbonyl (C=O) groups is 2. The number of aliphatic carboxylic acids is 1. The highest BCUT2D eigenvalue weighted by atomic mass is 16.5. The molecule has 136 valence electrons. The number of nitrogens with zero attached hydrogens (tertiary/aromatic N) is 1. The lowest BCUT2D eigenvalue weighted by Gasteiger charge is -2.30. The zero-order chi connectivity index (χ0) is 18.8. The second-order valence-corrected chi connectivity index (χ2v) is 5.90. The molecule has 0 aliphatic carbocycles. The number of fused-ring (bicyclic) bond motifs is 1. The van der Waals surface area contributed by atoms with Gasteiger partial charge in [0.25, 0.3) is 5.91 Å². The van der Waals surface area contributed by atoms with Gasteiger partial charge in [-0.15, -0.1) is 0 Å². The Morgan fingerprint density at radius 2 is 1.85 bits per heavy atom. The molecule has 7 nitrogen and oxygen atoms in total. The summed E-state index contributed by atoms with van der Waals surface area (Å²) in [7, 11) is 2.97. The van der Waals surface area contributed by atoms with Crippen LogP contribution in [0.3, 0.4) is 0 Å². The Bertz CT molecular complexity index is 850. The van der Waals surface area contributed by atoms with E-state index in [9.17, 15) is 19.8 Å². The van der Waals surface area contributed by atoms with Crippen LogP contribution in [-0.2, 0) is 4.79 Å². The Balaban J connectivity index is 2.05. The highest BCUT2D eigenvalue weighted by molar-refractivity contribution is 5.99. The molecule has 1 heterocycles. The first-order valence-corrected chi connectivity index (χ1v) is 8.01. The molecule has 1 aliphatic heterocycles. The molecule has 0 radical (unpaired) electrons. The summed E-state index contributed by atoms with van der Waals surface area (Å²) in [4.78, 5) is 25.4. The smallest absolute Gasteiger partial charge is 0.305 e. The van der Waals surface area contributed by atoms with Gasteiger partial charge in [-0.25, -0.2) is 0 Å². The van der Waals surface area contributed by atoms with Gasteiger partial charge in [-0.05, 0) is 23.8 Å². The highest BCUT2D eigenvalue weighted by Gasteiger charge is 2.41. The molecule has 26 heavy (non-hydrogen) atoms. The van der Waals surface area contributed by atoms with Crippen molar-refractivity contribution in [2.24, 2.45) is 0 Å². The van der Waals surface area contributed by atoms with Gasteiger partial charge in [-0.2, -0.15) is 0 Å². The van der Waals surface area contributed by atoms with Crippen LogP contribution in [0.25, 0.3) is 0 Å². The van der Waals surface area contributed by atoms with Crippen molar-refractivity contribution in [3.63, 3.8) is 0 Å². The van der Waals surface area contributed by atoms with E-state index in [1.54, 1.807) is 42.5 Å². The molecule has 3 rings (SSSR count). The molecule has 0 spiro atoms. The first-order valence-electron chi connectivity index (χ1n) is 8.01. The number of amides is 1. The Morgan fingerprint density at radius 1 is 1.15 bits per heavy atom. The minimum Gasteiger partial charge on any atom is -0.493 e. The molecular formula is C19H19NO6. The van der Waals surface area contributed by atoms with Crippen molar-refractivity contribution in [1.29, 1.82) is 0 Å². The number of carbonyl (C=O) groups excluding carboxylic acids is 1. The fourth-order valence-electron chi connectivity index (χ4n) is 3.23. The summed E-state index contributed by atoms with van der Waals surface area (Å²) in [6.07, 6.45) is -1.57. The highest BCUT2D eigenvalue weighted by Crippen LogP contribution is 2.41. The molecule has 0 saturated carbocycles. The molecule has 0 saturated heterocycles. The number of carboxylic acids is 1. The maximum absolute atomic E-state index is 12.8. The van der Waals surface area contributed by atoms with Crippen LogP contribution in [0.1, 0.15) is 40.2 Å². The van der Waals surface area contributed by atoms with E-state index in [1.807, 2.05) is 0 Å². The molecule has 1 aliphatic rings. The lowest BCUT2D eigenvalue weighted by atomic mass is 10.0. The minimum absolute atomic E-state index is 0.355. The monoisotopic (exact) mass is 357 g/mol. The number of rotatable bonds is 6. The van der Waals surface area contributed by atoms with Crippen LogP contribution in [-0.4, -0.2) is 41.2 Å². The zero-order valence-electron chi connectivity index (χ0n) is 14.4. The maximum Gasteiger partial charge on any atom is 0.305 e. The lowest BCUT2D eigenvalue weighted by molar-refractivity contribution is -0.139. The van der Waals surface area contributed by atoms with E-state index in [4.69, 9.17) is 9.47 Å². The van der Waals surface area contributed by atoms with Crippen molar-refractivity contribution in [2.75, 3.05) is 14.2 Å². The average molecular weight is 357 g/mol. The van der Waals surface area contributed by atoms with Gasteiger partial charge < -0.3 is 24.6 Å². The molecule has 1 amide bonds. The minimum atomic E-state index is -1.21. The predicted molar refractivity (Wildman–Crippen MR) is 92.1 cm³/mol. The van der Waals surface area contributed by atoms with Gasteiger partial charge in [0.1, 0.15) is 0 Å². The zero-order valence-corrected chi connectivity index (χ0v) is 14.4. The molecule has 0 fully saturated rings. The second kappa shape index (κ2) is 7.05. The van der Waals surface area contributed by atoms with Gasteiger partial charge in [-0.1, -0.05) is 24.3 Å². The third-order valence-corrected chi connectivity index (χ3v) is 4.46. The van der Waals surface area contributed by atoms with Crippen LogP contribution >= 0.6 is 0 Å². The second-order valence-electron chi connectivity index (χ2n) is 5.90. The predicted octanol–water partition coefficient (Wildman–Crippen LogP) is 2.37. The third kappa shape index (κ3) is 2.97. The summed E-state index contributed by atoms with van der Waals surface area (Å²) < 4.78 is 10.5. The molecule has 2 unspecified atom stereocenters. The number of aliphatic hydroxyl groups is 1. The van der Waals surface area contributed by atoms with Crippen LogP contribution in [0.4, 0.5) is 0 Å². The molecular weight excluding hydrogens is 338 g/mol. The van der Waals surface area contributed by atoms with E-state index in [-0.39, 0.29) is 6.42 Å². The fraction of sp³-hybridized carbons (Fsp3) is 0.263. The summed E-state index contributed by atoms with van der Waals surface area (Å²) in [5.41, 5.74) is 1.37. The van der Waals surface area contributed by atoms with Crippen LogP contribution in [0.15, 0.2) is 42.5 Å². The maximum atomic E-state index is 12.8. The van der Waals surface area contributed by atoms with Gasteiger partial charge in [0.15, 0.2) is 17.7 Å². The first kappa shape index (κ1) is 17.8. The van der Waals surface area contributed by atoms with Crippen LogP contribution < -0.4 is 9.47 Å². The molecule has 2 N–H and O–H groups in total. The van der Waals surface area contributed by atoms with E-state index in [2.05, 4.69) is 0 Å². The SMILES string of the molecule is COc1ccc(C(CC(=O)O)N2C(=O)c3ccccc3C2O)cc1OC. The molecule has 2 atom stereocenters. The Labute approximate surface area is 150 Å². The summed E-state index contributed by atoms with van der Waals surface area (Å²) in [6, 6.07) is 10.8. The summed E-state index contributed by atoms with van der Waals surface area (Å²) >= 11 is 0. The Kier molecular flexibility index (Phi) is 4.81. The van der Waals surface area contributed by atoms with Crippen LogP contribution in [0.5, 0.6) is 11.5 Å². The number of methoxy groups -OCH3 is 2. The summed E-state index contributed by atoms with van der Waals surface area (Å²) in [5.74, 6) is -0.587. The van der Waals surface area contributed by atoms with E-state index in [1.165, 1.54) is 19.1 Å². The molecule has 7 heteroatoms. The summed E-state index contributed by atoms with van der Waals surface area (Å²) in [6.45, 7) is 0.